The van der Waals surface area contributed by atoms with Gasteiger partial charge in [0.2, 0.25) is 0 Å². The molecule has 6 nitrogen and oxygen atoms in total. The number of amides is 1. The maximum Gasteiger partial charge on any atom is 0.254 e. The standard InChI is InChI=1S/C30H36ClN2O4S/c1-20-5-4-7-28(34)26-12-9-24(26)18-33-17-23-8-11-25(31)15-21(23)6-2-3-14-37-29-13-10-22(16-27(29)33)30(35)32-38(36)19-20/h4,7-8,10-11,13,15-16,20,24,26,28,34H,2-3,5-6,9,12,14,17-19H2,1H3/q-1/b7-4+/t20-,24-,26+,28-/m0/s1. The van der Waals surface area contributed by atoms with Crippen LogP contribution >= 0.6 is 11.6 Å². The van der Waals surface area contributed by atoms with Crippen molar-refractivity contribution in [3.8, 4) is 5.75 Å². The van der Waals surface area contributed by atoms with Crippen LogP contribution in [0.15, 0.2) is 52.9 Å². The van der Waals surface area contributed by atoms with Crippen LogP contribution in [0.25, 0.3) is 0 Å². The van der Waals surface area contributed by atoms with Gasteiger partial charge in [-0.1, -0.05) is 48.4 Å². The summed E-state index contributed by atoms with van der Waals surface area (Å²) in [5, 5.41) is 11.7. The zero-order valence-electron chi connectivity index (χ0n) is 21.9. The minimum absolute atomic E-state index is 0.0887. The molecule has 3 aliphatic rings. The van der Waals surface area contributed by atoms with Gasteiger partial charge in [0, 0.05) is 23.7 Å². The molecule has 2 aliphatic heterocycles. The molecule has 4 atom stereocenters. The van der Waals surface area contributed by atoms with E-state index in [4.69, 9.17) is 16.3 Å². The van der Waals surface area contributed by atoms with Gasteiger partial charge in [0.25, 0.3) is 5.91 Å². The fourth-order valence-electron chi connectivity index (χ4n) is 5.70. The summed E-state index contributed by atoms with van der Waals surface area (Å²) in [5.74, 6) is 1.13. The average Bonchev–Trinajstić information content (AvgIpc) is 2.88. The Hall–Kier alpha value is -2.35. The molecule has 1 saturated carbocycles. The largest absolute Gasteiger partial charge is 0.491 e. The summed E-state index contributed by atoms with van der Waals surface area (Å²) < 4.78 is 22.9. The van der Waals surface area contributed by atoms with Gasteiger partial charge < -0.3 is 23.3 Å². The highest BCUT2D eigenvalue weighted by Gasteiger charge is 2.37. The summed E-state index contributed by atoms with van der Waals surface area (Å²) in [5.41, 5.74) is 3.66. The third-order valence-electron chi connectivity index (χ3n) is 8.03. The molecule has 38 heavy (non-hydrogen) atoms. The number of ether oxygens (including phenoxy) is 1. The number of anilines is 1. The quantitative estimate of drug-likeness (QED) is 0.303. The number of allylic oxidation sites excluding steroid dienone is 1. The number of carbonyl (C=O) groups is 1. The van der Waals surface area contributed by atoms with Crippen LogP contribution in [0.2, 0.25) is 5.02 Å². The van der Waals surface area contributed by atoms with E-state index in [1.54, 1.807) is 6.07 Å². The molecule has 2 bridgehead atoms. The molecule has 0 unspecified atom stereocenters. The van der Waals surface area contributed by atoms with Gasteiger partial charge in [0.1, 0.15) is 5.75 Å². The number of fused-ring (bicyclic) bond motifs is 3. The highest BCUT2D eigenvalue weighted by atomic mass is 35.5. The van der Waals surface area contributed by atoms with E-state index >= 15 is 0 Å². The van der Waals surface area contributed by atoms with E-state index in [1.807, 2.05) is 37.3 Å². The van der Waals surface area contributed by atoms with Crippen molar-refractivity contribution >= 4 is 33.8 Å². The molecule has 1 aliphatic carbocycles. The number of aliphatic hydroxyl groups is 1. The first-order valence-electron chi connectivity index (χ1n) is 13.7. The zero-order chi connectivity index (χ0) is 26.6. The molecule has 1 amide bonds. The van der Waals surface area contributed by atoms with Crippen molar-refractivity contribution < 1.29 is 18.8 Å². The topological polar surface area (TPSA) is 79.2 Å². The second-order valence-electron chi connectivity index (χ2n) is 10.9. The van der Waals surface area contributed by atoms with Crippen molar-refractivity contribution in [2.24, 2.45) is 22.1 Å². The number of rotatable bonds is 0. The van der Waals surface area contributed by atoms with Crippen molar-refractivity contribution in [2.75, 3.05) is 23.8 Å². The third-order valence-corrected chi connectivity index (χ3v) is 9.49. The SMILES string of the molecule is C[C@H]1C/C=C/[C@H](O)[C@@H]2CC[C@H]2CN2Cc3ccc(Cl)cc3CCCCOc3ccc(cc32)C(=O)N=[S-](=O)C1. The fourth-order valence-corrected chi connectivity index (χ4v) is 6.88. The number of carbonyl (C=O) groups excluding carboxylic acids is 1. The van der Waals surface area contributed by atoms with Gasteiger partial charge in [-0.25, -0.2) is 0 Å². The highest BCUT2D eigenvalue weighted by molar-refractivity contribution is 7.75. The lowest BCUT2D eigenvalue weighted by molar-refractivity contribution is 0.0460. The van der Waals surface area contributed by atoms with E-state index in [1.165, 1.54) is 11.1 Å². The van der Waals surface area contributed by atoms with E-state index < -0.39 is 22.6 Å². The zero-order valence-corrected chi connectivity index (χ0v) is 23.4. The number of aliphatic hydroxyl groups excluding tert-OH is 1. The van der Waals surface area contributed by atoms with Gasteiger partial charge >= 0.3 is 0 Å². The molecule has 0 saturated heterocycles. The van der Waals surface area contributed by atoms with Crippen LogP contribution in [0.1, 0.15) is 60.5 Å². The number of hydrogen-bond acceptors (Lipinski definition) is 6. The number of nitrogens with zero attached hydrogens (tertiary/aromatic N) is 2. The molecular formula is C30H36ClN2O4S-. The smallest absolute Gasteiger partial charge is 0.254 e. The van der Waals surface area contributed by atoms with Crippen molar-refractivity contribution in [2.45, 2.75) is 58.1 Å². The summed E-state index contributed by atoms with van der Waals surface area (Å²) >= 11 is 6.37. The van der Waals surface area contributed by atoms with E-state index in [0.717, 1.165) is 55.1 Å². The average molecular weight is 556 g/mol. The fraction of sp³-hybridized carbons (Fsp3) is 0.500. The summed E-state index contributed by atoms with van der Waals surface area (Å²) in [6.45, 7) is 3.93. The van der Waals surface area contributed by atoms with Crippen molar-refractivity contribution in [3.05, 3.63) is 70.3 Å². The molecular weight excluding hydrogens is 520 g/mol. The number of hydrogen-bond donors (Lipinski definition) is 1. The molecule has 8 heteroatoms. The predicted molar refractivity (Wildman–Crippen MR) is 152 cm³/mol. The van der Waals surface area contributed by atoms with Crippen LogP contribution in [0, 0.1) is 17.8 Å². The van der Waals surface area contributed by atoms with Crippen molar-refractivity contribution in [3.63, 3.8) is 0 Å². The molecule has 5 rings (SSSR count). The lowest BCUT2D eigenvalue weighted by Gasteiger charge is -2.42. The Morgan fingerprint density at radius 3 is 2.82 bits per heavy atom. The minimum atomic E-state index is -1.62. The van der Waals surface area contributed by atoms with Crippen molar-refractivity contribution in [1.29, 1.82) is 0 Å². The normalized spacial score (nSPS) is 28.0. The van der Waals surface area contributed by atoms with Gasteiger partial charge in [-0.05, 0) is 91.8 Å². The van der Waals surface area contributed by atoms with Crippen LogP contribution < -0.4 is 9.64 Å². The Kier molecular flexibility index (Phi) is 8.76. The van der Waals surface area contributed by atoms with Crippen LogP contribution in [0.5, 0.6) is 5.75 Å². The molecule has 1 N–H and O–H groups in total. The second-order valence-corrected chi connectivity index (χ2v) is 12.5. The molecule has 0 aromatic heterocycles. The van der Waals surface area contributed by atoms with Gasteiger partial charge in [-0.15, -0.1) is 0 Å². The van der Waals surface area contributed by atoms with E-state index in [9.17, 15) is 14.1 Å². The highest BCUT2D eigenvalue weighted by Crippen LogP contribution is 2.41. The van der Waals surface area contributed by atoms with Gasteiger partial charge in [0.05, 0.1) is 18.4 Å². The maximum atomic E-state index is 13.1. The summed E-state index contributed by atoms with van der Waals surface area (Å²) in [6, 6.07) is 11.5. The second kappa shape index (κ2) is 12.2. The first kappa shape index (κ1) is 27.2. The van der Waals surface area contributed by atoms with Gasteiger partial charge in [-0.3, -0.25) is 4.79 Å². The Labute approximate surface area is 232 Å². The molecule has 0 radical (unpaired) electrons. The van der Waals surface area contributed by atoms with Crippen LogP contribution in [0.3, 0.4) is 0 Å². The van der Waals surface area contributed by atoms with Crippen LogP contribution in [-0.4, -0.2) is 36.0 Å². The Morgan fingerprint density at radius 2 is 2.00 bits per heavy atom. The minimum Gasteiger partial charge on any atom is -0.491 e. The summed E-state index contributed by atoms with van der Waals surface area (Å²) in [7, 11) is -1.62. The van der Waals surface area contributed by atoms with Crippen molar-refractivity contribution in [1.82, 2.24) is 0 Å². The first-order valence-corrected chi connectivity index (χ1v) is 15.3. The Balaban J connectivity index is 1.60. The lowest BCUT2D eigenvalue weighted by atomic mass is 9.70. The lowest BCUT2D eigenvalue weighted by Crippen LogP contribution is -2.43. The summed E-state index contributed by atoms with van der Waals surface area (Å²) in [4.78, 5) is 15.3. The van der Waals surface area contributed by atoms with Crippen LogP contribution in [0.4, 0.5) is 5.69 Å². The van der Waals surface area contributed by atoms with Gasteiger partial charge in [-0.2, -0.15) is 10.6 Å². The predicted octanol–water partition coefficient (Wildman–Crippen LogP) is 6.33. The van der Waals surface area contributed by atoms with E-state index in [0.29, 0.717) is 36.8 Å². The van der Waals surface area contributed by atoms with E-state index in [2.05, 4.69) is 21.4 Å². The molecule has 2 aromatic carbocycles. The third kappa shape index (κ3) is 6.44. The summed E-state index contributed by atoms with van der Waals surface area (Å²) in [6.07, 6.45) is 8.89. The number of aryl methyl sites for hydroxylation is 1. The molecule has 2 heterocycles. The molecule has 2 aromatic rings. The first-order chi connectivity index (χ1) is 18.4. The van der Waals surface area contributed by atoms with E-state index in [-0.39, 0.29) is 11.8 Å². The number of benzene rings is 2. The Bertz CT molecular complexity index is 1290. The van der Waals surface area contributed by atoms with Crippen LogP contribution in [-0.2, 0) is 27.8 Å². The molecule has 204 valence electrons. The molecule has 0 spiro atoms. The van der Waals surface area contributed by atoms with Gasteiger partial charge in [0.15, 0.2) is 0 Å². The number of halogens is 1. The monoisotopic (exact) mass is 555 g/mol. The maximum absolute atomic E-state index is 13.1. The molecule has 1 fully saturated rings. The Morgan fingerprint density at radius 1 is 1.13 bits per heavy atom.